The fourth-order valence-corrected chi connectivity index (χ4v) is 3.63. The van der Waals surface area contributed by atoms with E-state index in [-0.39, 0.29) is 5.91 Å². The number of pyridine rings is 1. The number of aryl methyl sites for hydroxylation is 2. The SMILES string of the molecule is Cc1ccc(Nc2cc(C)nc(Nc3ccc(NC(=O)c4ccc5ccccc5n4)cc3)n2)cc1. The van der Waals surface area contributed by atoms with E-state index in [1.165, 1.54) is 5.56 Å². The molecule has 5 aromatic rings. The number of anilines is 5. The van der Waals surface area contributed by atoms with Crippen LogP contribution in [0.1, 0.15) is 21.7 Å². The maximum absolute atomic E-state index is 12.7. The van der Waals surface area contributed by atoms with Crippen LogP contribution in [0.25, 0.3) is 10.9 Å². The Labute approximate surface area is 203 Å². The average molecular weight is 461 g/mol. The molecule has 0 atom stereocenters. The van der Waals surface area contributed by atoms with Gasteiger partial charge in [-0.25, -0.2) is 9.97 Å². The molecule has 1 amide bonds. The molecule has 3 aromatic carbocycles. The predicted molar refractivity (Wildman–Crippen MR) is 141 cm³/mol. The molecule has 0 radical (unpaired) electrons. The van der Waals surface area contributed by atoms with Gasteiger partial charge in [-0.15, -0.1) is 0 Å². The molecule has 3 N–H and O–H groups in total. The number of nitrogens with one attached hydrogen (secondary N) is 3. The van der Waals surface area contributed by atoms with Crippen molar-refractivity contribution in [1.29, 1.82) is 0 Å². The lowest BCUT2D eigenvalue weighted by atomic mass is 10.2. The summed E-state index contributed by atoms with van der Waals surface area (Å²) >= 11 is 0. The first-order valence-electron chi connectivity index (χ1n) is 11.3. The van der Waals surface area contributed by atoms with Gasteiger partial charge in [0.05, 0.1) is 5.52 Å². The third-order valence-corrected chi connectivity index (χ3v) is 5.41. The number of hydrogen-bond acceptors (Lipinski definition) is 6. The van der Waals surface area contributed by atoms with Crippen LogP contribution in [-0.4, -0.2) is 20.9 Å². The van der Waals surface area contributed by atoms with Gasteiger partial charge in [-0.05, 0) is 62.4 Å². The number of hydrogen-bond donors (Lipinski definition) is 3. The highest BCUT2D eigenvalue weighted by molar-refractivity contribution is 6.04. The first kappa shape index (κ1) is 22.0. The molecule has 35 heavy (non-hydrogen) atoms. The molecule has 7 heteroatoms. The number of aromatic nitrogens is 3. The van der Waals surface area contributed by atoms with E-state index >= 15 is 0 Å². The van der Waals surface area contributed by atoms with Gasteiger partial charge in [0.2, 0.25) is 5.95 Å². The Balaban J connectivity index is 1.26. The molecule has 0 saturated heterocycles. The molecule has 0 saturated carbocycles. The molecular weight excluding hydrogens is 436 g/mol. The number of rotatable bonds is 6. The Morgan fingerprint density at radius 3 is 2.17 bits per heavy atom. The molecule has 0 spiro atoms. The standard InChI is InChI=1S/C28H24N6O/c1-18-7-10-21(11-8-18)30-26-17-19(2)29-28(34-26)32-23-14-12-22(13-15-23)31-27(35)25-16-9-20-5-3-4-6-24(20)33-25/h3-17H,1-2H3,(H,31,35)(H2,29,30,32,34). The third-order valence-electron chi connectivity index (χ3n) is 5.41. The summed E-state index contributed by atoms with van der Waals surface area (Å²) in [4.78, 5) is 26.2. The lowest BCUT2D eigenvalue weighted by molar-refractivity contribution is 0.102. The molecule has 7 nitrogen and oxygen atoms in total. The topological polar surface area (TPSA) is 91.8 Å². The fourth-order valence-electron chi connectivity index (χ4n) is 3.63. The Hall–Kier alpha value is -4.78. The van der Waals surface area contributed by atoms with Crippen molar-refractivity contribution in [2.45, 2.75) is 13.8 Å². The second kappa shape index (κ2) is 9.61. The maximum Gasteiger partial charge on any atom is 0.274 e. The van der Waals surface area contributed by atoms with Crippen molar-refractivity contribution in [2.75, 3.05) is 16.0 Å². The van der Waals surface area contributed by atoms with Gasteiger partial charge >= 0.3 is 0 Å². The monoisotopic (exact) mass is 460 g/mol. The zero-order chi connectivity index (χ0) is 24.2. The summed E-state index contributed by atoms with van der Waals surface area (Å²) in [5, 5.41) is 10.4. The minimum absolute atomic E-state index is 0.259. The van der Waals surface area contributed by atoms with Gasteiger partial charge in [-0.3, -0.25) is 4.79 Å². The zero-order valence-corrected chi connectivity index (χ0v) is 19.4. The largest absolute Gasteiger partial charge is 0.340 e. The lowest BCUT2D eigenvalue weighted by Crippen LogP contribution is -2.13. The highest BCUT2D eigenvalue weighted by Gasteiger charge is 2.09. The number of fused-ring (bicyclic) bond motifs is 1. The van der Waals surface area contributed by atoms with Crippen molar-refractivity contribution in [3.8, 4) is 0 Å². The minimum atomic E-state index is -0.259. The Kier molecular flexibility index (Phi) is 6.05. The van der Waals surface area contributed by atoms with Gasteiger partial charge < -0.3 is 16.0 Å². The van der Waals surface area contributed by atoms with Gasteiger partial charge in [0.1, 0.15) is 11.5 Å². The van der Waals surface area contributed by atoms with Crippen LogP contribution < -0.4 is 16.0 Å². The van der Waals surface area contributed by atoms with Crippen molar-refractivity contribution in [3.63, 3.8) is 0 Å². The number of carbonyl (C=O) groups is 1. The molecule has 0 aliphatic rings. The average Bonchev–Trinajstić information content (AvgIpc) is 2.86. The van der Waals surface area contributed by atoms with E-state index in [4.69, 9.17) is 0 Å². The predicted octanol–water partition coefficient (Wildman–Crippen LogP) is 6.38. The van der Waals surface area contributed by atoms with Gasteiger partial charge in [-0.2, -0.15) is 4.98 Å². The van der Waals surface area contributed by atoms with Crippen molar-refractivity contribution in [1.82, 2.24) is 15.0 Å². The lowest BCUT2D eigenvalue weighted by Gasteiger charge is -2.11. The molecule has 172 valence electrons. The van der Waals surface area contributed by atoms with Crippen LogP contribution in [0.5, 0.6) is 0 Å². The third kappa shape index (κ3) is 5.42. The second-order valence-electron chi connectivity index (χ2n) is 8.25. The van der Waals surface area contributed by atoms with E-state index in [2.05, 4.69) is 37.8 Å². The van der Waals surface area contributed by atoms with Gasteiger partial charge in [-0.1, -0.05) is 42.0 Å². The molecule has 2 aromatic heterocycles. The van der Waals surface area contributed by atoms with Crippen LogP contribution in [0.3, 0.4) is 0 Å². The van der Waals surface area contributed by atoms with Crippen LogP contribution in [0.15, 0.2) is 91.0 Å². The molecule has 5 rings (SSSR count). The molecule has 0 aliphatic carbocycles. The Bertz CT molecular complexity index is 1500. The highest BCUT2D eigenvalue weighted by Crippen LogP contribution is 2.21. The Morgan fingerprint density at radius 1 is 0.686 bits per heavy atom. The second-order valence-corrected chi connectivity index (χ2v) is 8.25. The van der Waals surface area contributed by atoms with Crippen LogP contribution in [0.2, 0.25) is 0 Å². The number of para-hydroxylation sites is 1. The number of nitrogens with zero attached hydrogens (tertiary/aromatic N) is 3. The van der Waals surface area contributed by atoms with E-state index in [0.717, 1.165) is 28.0 Å². The van der Waals surface area contributed by atoms with Crippen molar-refractivity contribution in [2.24, 2.45) is 0 Å². The molecular formula is C28H24N6O. The summed E-state index contributed by atoms with van der Waals surface area (Å²) in [5.74, 6) is 0.928. The van der Waals surface area contributed by atoms with Gasteiger partial charge in [0.15, 0.2) is 0 Å². The van der Waals surface area contributed by atoms with Gasteiger partial charge in [0, 0.05) is 34.2 Å². The number of benzene rings is 3. The summed E-state index contributed by atoms with van der Waals surface area (Å²) in [6.45, 7) is 3.98. The molecule has 0 bridgehead atoms. The maximum atomic E-state index is 12.7. The zero-order valence-electron chi connectivity index (χ0n) is 19.4. The molecule has 0 fully saturated rings. The van der Waals surface area contributed by atoms with E-state index < -0.39 is 0 Å². The van der Waals surface area contributed by atoms with Crippen LogP contribution >= 0.6 is 0 Å². The van der Waals surface area contributed by atoms with E-state index in [9.17, 15) is 4.79 Å². The van der Waals surface area contributed by atoms with Crippen molar-refractivity contribution in [3.05, 3.63) is 108 Å². The van der Waals surface area contributed by atoms with Crippen molar-refractivity contribution >= 4 is 45.6 Å². The van der Waals surface area contributed by atoms with Crippen LogP contribution in [0.4, 0.5) is 28.8 Å². The Morgan fingerprint density at radius 2 is 1.37 bits per heavy atom. The first-order chi connectivity index (χ1) is 17.0. The quantitative estimate of drug-likeness (QED) is 0.272. The van der Waals surface area contributed by atoms with E-state index in [1.807, 2.05) is 91.9 Å². The molecule has 0 aliphatic heterocycles. The van der Waals surface area contributed by atoms with Crippen LogP contribution in [-0.2, 0) is 0 Å². The van der Waals surface area contributed by atoms with Gasteiger partial charge in [0.25, 0.3) is 5.91 Å². The van der Waals surface area contributed by atoms with E-state index in [1.54, 1.807) is 6.07 Å². The molecule has 0 unspecified atom stereocenters. The minimum Gasteiger partial charge on any atom is -0.340 e. The molecule has 2 heterocycles. The highest BCUT2D eigenvalue weighted by atomic mass is 16.1. The number of carbonyl (C=O) groups excluding carboxylic acids is 1. The summed E-state index contributed by atoms with van der Waals surface area (Å²) in [6.07, 6.45) is 0. The summed E-state index contributed by atoms with van der Waals surface area (Å²) < 4.78 is 0. The summed E-state index contributed by atoms with van der Waals surface area (Å²) in [6, 6.07) is 28.7. The summed E-state index contributed by atoms with van der Waals surface area (Å²) in [7, 11) is 0. The smallest absolute Gasteiger partial charge is 0.274 e. The van der Waals surface area contributed by atoms with Crippen LogP contribution in [0, 0.1) is 13.8 Å². The normalized spacial score (nSPS) is 10.7. The van der Waals surface area contributed by atoms with Crippen molar-refractivity contribution < 1.29 is 4.79 Å². The van der Waals surface area contributed by atoms with E-state index in [0.29, 0.717) is 23.1 Å². The summed E-state index contributed by atoms with van der Waals surface area (Å²) in [5.41, 5.74) is 5.62. The number of amides is 1. The first-order valence-corrected chi connectivity index (χ1v) is 11.3. The fraction of sp³-hybridized carbons (Fsp3) is 0.0714.